The molecule has 2 aliphatic rings. The lowest BCUT2D eigenvalue weighted by Crippen LogP contribution is -2.48. The first-order valence-electron chi connectivity index (χ1n) is 12.8. The lowest BCUT2D eigenvalue weighted by Gasteiger charge is -2.40. The maximum atomic E-state index is 14.5. The highest BCUT2D eigenvalue weighted by Gasteiger charge is 2.29. The second-order valence-electron chi connectivity index (χ2n) is 9.98. The SMILES string of the molecule is Nc1ccc(N2CCC[C@H](N(Cc3ccncc3Cl)Cc3cn4c5c(c(F)c(F)cc5c3=O)OCC4)C2)cn1. The van der Waals surface area contributed by atoms with Crippen LogP contribution in [0.5, 0.6) is 5.75 Å². The van der Waals surface area contributed by atoms with E-state index in [2.05, 4.69) is 19.8 Å². The van der Waals surface area contributed by atoms with Gasteiger partial charge in [-0.1, -0.05) is 11.6 Å². The zero-order chi connectivity index (χ0) is 27.1. The molecule has 0 unspecified atom stereocenters. The van der Waals surface area contributed by atoms with Gasteiger partial charge in [-0.2, -0.15) is 4.39 Å². The molecule has 6 rings (SSSR count). The fraction of sp³-hybridized carbons (Fsp3) is 0.321. The minimum atomic E-state index is -1.10. The maximum Gasteiger partial charge on any atom is 0.202 e. The molecule has 0 bridgehead atoms. The van der Waals surface area contributed by atoms with Gasteiger partial charge in [0.2, 0.25) is 5.82 Å². The zero-order valence-corrected chi connectivity index (χ0v) is 21.9. The van der Waals surface area contributed by atoms with Gasteiger partial charge in [0.25, 0.3) is 0 Å². The van der Waals surface area contributed by atoms with Crippen LogP contribution in [0.3, 0.4) is 0 Å². The number of piperidine rings is 1. The largest absolute Gasteiger partial charge is 0.486 e. The molecule has 8 nitrogen and oxygen atoms in total. The minimum Gasteiger partial charge on any atom is -0.486 e. The molecule has 1 aromatic carbocycles. The summed E-state index contributed by atoms with van der Waals surface area (Å²) in [4.78, 5) is 26.5. The van der Waals surface area contributed by atoms with Crippen molar-refractivity contribution in [2.24, 2.45) is 0 Å². The highest BCUT2D eigenvalue weighted by atomic mass is 35.5. The van der Waals surface area contributed by atoms with Crippen LogP contribution >= 0.6 is 11.6 Å². The normalized spacial score (nSPS) is 17.0. The molecule has 3 aromatic heterocycles. The molecule has 0 spiro atoms. The molecule has 0 radical (unpaired) electrons. The van der Waals surface area contributed by atoms with Crippen molar-refractivity contribution in [2.75, 3.05) is 30.3 Å². The molecule has 0 aliphatic carbocycles. The lowest BCUT2D eigenvalue weighted by molar-refractivity contribution is 0.158. The Morgan fingerprint density at radius 3 is 2.79 bits per heavy atom. The quantitative estimate of drug-likeness (QED) is 0.380. The fourth-order valence-corrected chi connectivity index (χ4v) is 5.74. The first kappa shape index (κ1) is 25.5. The van der Waals surface area contributed by atoms with Gasteiger partial charge >= 0.3 is 0 Å². The molecule has 2 N–H and O–H groups in total. The Bertz CT molecular complexity index is 1600. The van der Waals surface area contributed by atoms with E-state index in [1.165, 1.54) is 0 Å². The number of nitrogens with two attached hydrogens (primary N) is 1. The van der Waals surface area contributed by atoms with Crippen molar-refractivity contribution in [2.45, 2.75) is 38.5 Å². The van der Waals surface area contributed by atoms with Crippen LogP contribution in [0.2, 0.25) is 5.02 Å². The summed E-state index contributed by atoms with van der Waals surface area (Å²) >= 11 is 6.49. The lowest BCUT2D eigenvalue weighted by atomic mass is 10.0. The number of ether oxygens (including phenoxy) is 1. The Kier molecular flexibility index (Phi) is 6.82. The van der Waals surface area contributed by atoms with E-state index in [1.807, 2.05) is 12.1 Å². The van der Waals surface area contributed by atoms with Crippen LogP contribution in [-0.4, -0.2) is 45.2 Å². The molecular weight excluding hydrogens is 526 g/mol. The predicted octanol–water partition coefficient (Wildman–Crippen LogP) is 4.37. The summed E-state index contributed by atoms with van der Waals surface area (Å²) in [5.74, 6) is -1.91. The summed E-state index contributed by atoms with van der Waals surface area (Å²) in [5, 5.41) is 0.656. The van der Waals surface area contributed by atoms with Gasteiger partial charge in [0.05, 0.1) is 34.4 Å². The highest BCUT2D eigenvalue weighted by molar-refractivity contribution is 6.31. The molecule has 39 heavy (non-hydrogen) atoms. The van der Waals surface area contributed by atoms with Gasteiger partial charge in [-0.15, -0.1) is 0 Å². The smallest absolute Gasteiger partial charge is 0.202 e. The molecule has 0 saturated carbocycles. The predicted molar refractivity (Wildman–Crippen MR) is 146 cm³/mol. The van der Waals surface area contributed by atoms with E-state index >= 15 is 0 Å². The summed E-state index contributed by atoms with van der Waals surface area (Å²) in [6.07, 6.45) is 8.69. The van der Waals surface area contributed by atoms with Gasteiger partial charge in [0.1, 0.15) is 12.4 Å². The van der Waals surface area contributed by atoms with Crippen LogP contribution in [0.25, 0.3) is 10.9 Å². The van der Waals surface area contributed by atoms with Gasteiger partial charge < -0.3 is 19.9 Å². The van der Waals surface area contributed by atoms with Crippen molar-refractivity contribution in [3.05, 3.63) is 87.1 Å². The number of nitrogens with zero attached hydrogens (tertiary/aromatic N) is 5. The van der Waals surface area contributed by atoms with Gasteiger partial charge in [0, 0.05) is 56.4 Å². The van der Waals surface area contributed by atoms with Crippen molar-refractivity contribution in [3.8, 4) is 5.75 Å². The molecule has 1 atom stereocenters. The van der Waals surface area contributed by atoms with Crippen molar-refractivity contribution in [1.29, 1.82) is 0 Å². The molecule has 0 amide bonds. The molecular formula is C28H27ClF2N6O2. The molecule has 5 heterocycles. The summed E-state index contributed by atoms with van der Waals surface area (Å²) in [5.41, 5.74) is 8.11. The monoisotopic (exact) mass is 552 g/mol. The Morgan fingerprint density at radius 2 is 2.00 bits per heavy atom. The third kappa shape index (κ3) is 4.90. The first-order chi connectivity index (χ1) is 18.9. The van der Waals surface area contributed by atoms with E-state index in [0.29, 0.717) is 42.6 Å². The number of nitrogen functional groups attached to an aromatic ring is 1. The summed E-state index contributed by atoms with van der Waals surface area (Å²) in [6.45, 7) is 3.01. The zero-order valence-electron chi connectivity index (χ0n) is 21.1. The van der Waals surface area contributed by atoms with Crippen LogP contribution in [0.1, 0.15) is 24.0 Å². The second kappa shape index (κ2) is 10.4. The van der Waals surface area contributed by atoms with Crippen LogP contribution in [0.15, 0.2) is 53.8 Å². The second-order valence-corrected chi connectivity index (χ2v) is 10.4. The van der Waals surface area contributed by atoms with Gasteiger partial charge in [-0.25, -0.2) is 9.37 Å². The molecule has 1 fully saturated rings. The van der Waals surface area contributed by atoms with Crippen LogP contribution in [0, 0.1) is 11.6 Å². The third-order valence-corrected chi connectivity index (χ3v) is 7.86. The number of hydrogen-bond acceptors (Lipinski definition) is 7. The van der Waals surface area contributed by atoms with Crippen molar-refractivity contribution in [1.82, 2.24) is 19.4 Å². The summed E-state index contributed by atoms with van der Waals surface area (Å²) < 4.78 is 36.1. The number of rotatable bonds is 6. The Morgan fingerprint density at radius 1 is 1.15 bits per heavy atom. The fourth-order valence-electron chi connectivity index (χ4n) is 5.56. The number of pyridine rings is 3. The molecule has 2 aliphatic heterocycles. The van der Waals surface area contributed by atoms with Crippen molar-refractivity contribution in [3.63, 3.8) is 0 Å². The standard InChI is InChI=1S/C28H27ClF2N6O2/c29-22-12-33-6-5-17(22)13-37(20-2-1-7-35(16-20)19-3-4-24(32)34-11-19)15-18-14-36-8-9-39-28-25(31)23(30)10-21(26(28)36)27(18)38/h3-6,10-12,14,20H,1-2,7-9,13,15-16H2,(H2,32,34)/t20-/m0/s1. The number of benzene rings is 1. The molecule has 11 heteroatoms. The Labute approximate surface area is 228 Å². The van der Waals surface area contributed by atoms with Gasteiger partial charge in [-0.05, 0) is 42.7 Å². The Balaban J connectivity index is 1.38. The van der Waals surface area contributed by atoms with Crippen molar-refractivity contribution >= 4 is 34.0 Å². The Hall–Kier alpha value is -3.76. The van der Waals surface area contributed by atoms with Crippen molar-refractivity contribution < 1.29 is 13.5 Å². The van der Waals surface area contributed by atoms with Gasteiger partial charge in [0.15, 0.2) is 17.0 Å². The average Bonchev–Trinajstić information content (AvgIpc) is 2.95. The van der Waals surface area contributed by atoms with E-state index in [1.54, 1.807) is 35.4 Å². The highest BCUT2D eigenvalue weighted by Crippen LogP contribution is 2.33. The first-order valence-corrected chi connectivity index (χ1v) is 13.2. The summed E-state index contributed by atoms with van der Waals surface area (Å²) in [6, 6.07) is 6.68. The number of halogens is 3. The molecule has 4 aromatic rings. The number of aromatic nitrogens is 3. The van der Waals surface area contributed by atoms with E-state index in [9.17, 15) is 13.6 Å². The van der Waals surface area contributed by atoms with E-state index in [-0.39, 0.29) is 34.7 Å². The molecule has 202 valence electrons. The minimum absolute atomic E-state index is 0.0841. The van der Waals surface area contributed by atoms with E-state index < -0.39 is 11.6 Å². The van der Waals surface area contributed by atoms with Gasteiger partial charge in [-0.3, -0.25) is 14.7 Å². The van der Waals surface area contributed by atoms with E-state index in [0.717, 1.165) is 36.7 Å². The average molecular weight is 553 g/mol. The van der Waals surface area contributed by atoms with E-state index in [4.69, 9.17) is 22.1 Å². The van der Waals surface area contributed by atoms with Crippen LogP contribution in [-0.2, 0) is 19.6 Å². The topological polar surface area (TPSA) is 89.5 Å². The third-order valence-electron chi connectivity index (χ3n) is 7.52. The van der Waals surface area contributed by atoms with Crippen LogP contribution in [0.4, 0.5) is 20.3 Å². The molecule has 1 saturated heterocycles. The van der Waals surface area contributed by atoms with Crippen LogP contribution < -0.4 is 20.8 Å². The maximum absolute atomic E-state index is 14.5. The summed E-state index contributed by atoms with van der Waals surface area (Å²) in [7, 11) is 0. The number of anilines is 2. The number of hydrogen-bond donors (Lipinski definition) is 1.